The number of unbranched alkanes of at least 4 members (excludes halogenated alkanes) is 20. The first-order chi connectivity index (χ1) is 32.0. The van der Waals surface area contributed by atoms with Gasteiger partial charge in [0.1, 0.15) is 13.2 Å². The van der Waals surface area contributed by atoms with E-state index in [0.29, 0.717) is 19.3 Å². The lowest BCUT2D eigenvalue weighted by Gasteiger charge is -2.18. The zero-order valence-corrected chi connectivity index (χ0v) is 42.2. The van der Waals surface area contributed by atoms with Crippen molar-refractivity contribution in [3.63, 3.8) is 0 Å². The van der Waals surface area contributed by atoms with Gasteiger partial charge >= 0.3 is 17.9 Å². The number of carbonyl (C=O) groups excluding carboxylic acids is 3. The highest BCUT2D eigenvalue weighted by molar-refractivity contribution is 5.71. The van der Waals surface area contributed by atoms with Gasteiger partial charge in [-0.2, -0.15) is 0 Å². The maximum absolute atomic E-state index is 12.8. The van der Waals surface area contributed by atoms with Crippen molar-refractivity contribution in [2.45, 2.75) is 245 Å². The number of esters is 3. The predicted molar refractivity (Wildman–Crippen MR) is 279 cm³/mol. The average molecular weight is 903 g/mol. The Bertz CT molecular complexity index is 1310. The van der Waals surface area contributed by atoms with E-state index in [0.717, 1.165) is 148 Å². The van der Waals surface area contributed by atoms with E-state index in [2.05, 4.69) is 118 Å². The third kappa shape index (κ3) is 51.2. The van der Waals surface area contributed by atoms with Crippen molar-refractivity contribution in [2.24, 2.45) is 0 Å². The van der Waals surface area contributed by atoms with Crippen molar-refractivity contribution in [3.8, 4) is 0 Å². The van der Waals surface area contributed by atoms with Gasteiger partial charge in [-0.25, -0.2) is 0 Å². The first-order valence-electron chi connectivity index (χ1n) is 26.7. The summed E-state index contributed by atoms with van der Waals surface area (Å²) in [6, 6.07) is 0. The maximum atomic E-state index is 12.8. The molecule has 0 aliphatic heterocycles. The van der Waals surface area contributed by atoms with Crippen molar-refractivity contribution in [1.29, 1.82) is 0 Å². The molecule has 0 saturated heterocycles. The summed E-state index contributed by atoms with van der Waals surface area (Å²) in [5.41, 5.74) is 0. The zero-order valence-electron chi connectivity index (χ0n) is 42.2. The van der Waals surface area contributed by atoms with Crippen LogP contribution in [0.4, 0.5) is 0 Å². The monoisotopic (exact) mass is 903 g/mol. The fraction of sp³-hybridized carbons (Fsp3) is 0.678. The molecule has 6 nitrogen and oxygen atoms in total. The Kier molecular flexibility index (Phi) is 50.0. The van der Waals surface area contributed by atoms with Crippen molar-refractivity contribution in [1.82, 2.24) is 0 Å². The maximum Gasteiger partial charge on any atom is 0.306 e. The summed E-state index contributed by atoms with van der Waals surface area (Å²) in [5.74, 6) is -0.948. The molecule has 0 amide bonds. The van der Waals surface area contributed by atoms with Crippen molar-refractivity contribution in [2.75, 3.05) is 13.2 Å². The van der Waals surface area contributed by atoms with Crippen LogP contribution in [0.15, 0.2) is 97.2 Å². The number of hydrogen-bond acceptors (Lipinski definition) is 6. The highest BCUT2D eigenvalue weighted by atomic mass is 16.6. The SMILES string of the molecule is CC/C=C\C/C=C\C/C=C\C/C=C\CCCCCCC(=O)OC[C@H](COC(=O)CCCCCCC/C=C\C/C=C\C/C=C\CC)OC(=O)CCCCCCC/C=C\CCCCCCCC. The lowest BCUT2D eigenvalue weighted by atomic mass is 10.1. The Hall–Kier alpha value is -3.67. The van der Waals surface area contributed by atoms with E-state index in [1.807, 2.05) is 0 Å². The largest absolute Gasteiger partial charge is 0.462 e. The predicted octanol–water partition coefficient (Wildman–Crippen LogP) is 17.8. The Labute approximate surface area is 400 Å². The third-order valence-corrected chi connectivity index (χ3v) is 11.1. The highest BCUT2D eigenvalue weighted by Gasteiger charge is 2.19. The second-order valence-corrected chi connectivity index (χ2v) is 17.4. The molecule has 0 aromatic carbocycles. The molecule has 0 bridgehead atoms. The van der Waals surface area contributed by atoms with Crippen LogP contribution in [0, 0.1) is 0 Å². The molecule has 0 aliphatic rings. The molecule has 1 atom stereocenters. The molecule has 0 heterocycles. The summed E-state index contributed by atoms with van der Waals surface area (Å²) in [7, 11) is 0. The molecule has 0 unspecified atom stereocenters. The normalized spacial score (nSPS) is 12.8. The van der Waals surface area contributed by atoms with Crippen LogP contribution < -0.4 is 0 Å². The van der Waals surface area contributed by atoms with Gasteiger partial charge in [-0.3, -0.25) is 14.4 Å². The molecule has 0 aromatic heterocycles. The van der Waals surface area contributed by atoms with Gasteiger partial charge in [-0.1, -0.05) is 201 Å². The average Bonchev–Trinajstić information content (AvgIpc) is 3.30. The molecule has 0 fully saturated rings. The highest BCUT2D eigenvalue weighted by Crippen LogP contribution is 2.13. The number of ether oxygens (including phenoxy) is 3. The molecule has 0 spiro atoms. The van der Waals surface area contributed by atoms with E-state index < -0.39 is 6.10 Å². The lowest BCUT2D eigenvalue weighted by molar-refractivity contribution is -0.167. The van der Waals surface area contributed by atoms with E-state index >= 15 is 0 Å². The molecule has 370 valence electrons. The van der Waals surface area contributed by atoms with Crippen LogP contribution in [0.3, 0.4) is 0 Å². The third-order valence-electron chi connectivity index (χ3n) is 11.1. The van der Waals surface area contributed by atoms with E-state index in [1.54, 1.807) is 0 Å². The van der Waals surface area contributed by atoms with Crippen LogP contribution in [0.1, 0.15) is 239 Å². The van der Waals surface area contributed by atoms with Gasteiger partial charge < -0.3 is 14.2 Å². The first kappa shape index (κ1) is 61.3. The summed E-state index contributed by atoms with van der Waals surface area (Å²) in [6.45, 7) is 6.36. The van der Waals surface area contributed by atoms with Crippen molar-refractivity contribution >= 4 is 17.9 Å². The quantitative estimate of drug-likeness (QED) is 0.0262. The second-order valence-electron chi connectivity index (χ2n) is 17.4. The van der Waals surface area contributed by atoms with Crippen LogP contribution in [-0.4, -0.2) is 37.2 Å². The van der Waals surface area contributed by atoms with Crippen LogP contribution in [0.5, 0.6) is 0 Å². The lowest BCUT2D eigenvalue weighted by Crippen LogP contribution is -2.30. The summed E-state index contributed by atoms with van der Waals surface area (Å²) in [5, 5.41) is 0. The molecule has 0 aromatic rings. The Morgan fingerprint density at radius 2 is 0.600 bits per heavy atom. The minimum absolute atomic E-state index is 0.0987. The van der Waals surface area contributed by atoms with Crippen LogP contribution in [-0.2, 0) is 28.6 Å². The van der Waals surface area contributed by atoms with E-state index in [-0.39, 0.29) is 31.1 Å². The summed E-state index contributed by atoms with van der Waals surface area (Å²) in [6.07, 6.45) is 69.6. The molecule has 0 saturated carbocycles. The van der Waals surface area contributed by atoms with Crippen LogP contribution >= 0.6 is 0 Å². The van der Waals surface area contributed by atoms with Crippen LogP contribution in [0.25, 0.3) is 0 Å². The summed E-state index contributed by atoms with van der Waals surface area (Å²) < 4.78 is 16.8. The number of rotatable bonds is 47. The van der Waals surface area contributed by atoms with Gasteiger partial charge in [0.05, 0.1) is 0 Å². The Morgan fingerprint density at radius 3 is 0.954 bits per heavy atom. The number of carbonyl (C=O) groups is 3. The minimum Gasteiger partial charge on any atom is -0.462 e. The molecule has 0 aliphatic carbocycles. The standard InChI is InChI=1S/C59H98O6/c1-4-7-10-13-16-19-22-25-28-29-32-34-37-40-43-46-49-52-58(61)64-55-56(65-59(62)53-50-47-44-41-38-35-31-27-24-21-18-15-12-9-6-3)54-63-57(60)51-48-45-42-39-36-33-30-26-23-20-17-14-11-8-5-2/h7-8,10-11,16-17,19-20,25-28,30-32,34,56H,4-6,9,12-15,18,21-24,29,33,35-55H2,1-3H3/b10-7-,11-8-,19-16-,20-17-,28-25-,30-26-,31-27-,34-32-/t56-/m0/s1. The van der Waals surface area contributed by atoms with E-state index in [9.17, 15) is 14.4 Å². The fourth-order valence-corrected chi connectivity index (χ4v) is 7.09. The molecule has 0 rings (SSSR count). The molecule has 65 heavy (non-hydrogen) atoms. The molecule has 0 N–H and O–H groups in total. The topological polar surface area (TPSA) is 78.9 Å². The van der Waals surface area contributed by atoms with Crippen molar-refractivity contribution < 1.29 is 28.6 Å². The van der Waals surface area contributed by atoms with Gasteiger partial charge in [0, 0.05) is 19.3 Å². The summed E-state index contributed by atoms with van der Waals surface area (Å²) >= 11 is 0. The first-order valence-corrected chi connectivity index (χ1v) is 26.7. The Morgan fingerprint density at radius 1 is 0.323 bits per heavy atom. The van der Waals surface area contributed by atoms with E-state index in [4.69, 9.17) is 14.2 Å². The van der Waals surface area contributed by atoms with Gasteiger partial charge in [0.25, 0.3) is 0 Å². The fourth-order valence-electron chi connectivity index (χ4n) is 7.09. The number of allylic oxidation sites excluding steroid dienone is 16. The van der Waals surface area contributed by atoms with Crippen LogP contribution in [0.2, 0.25) is 0 Å². The zero-order chi connectivity index (χ0) is 47.2. The molecule has 6 heteroatoms. The van der Waals surface area contributed by atoms with Gasteiger partial charge in [-0.05, 0) is 116 Å². The molecule has 0 radical (unpaired) electrons. The van der Waals surface area contributed by atoms with Gasteiger partial charge in [0.15, 0.2) is 6.10 Å². The Balaban J connectivity index is 4.48. The van der Waals surface area contributed by atoms with Gasteiger partial charge in [-0.15, -0.1) is 0 Å². The second kappa shape index (κ2) is 52.9. The summed E-state index contributed by atoms with van der Waals surface area (Å²) in [4.78, 5) is 38.1. The molecular formula is C59H98O6. The van der Waals surface area contributed by atoms with E-state index in [1.165, 1.54) is 51.4 Å². The molecular weight excluding hydrogens is 805 g/mol. The van der Waals surface area contributed by atoms with Crippen molar-refractivity contribution in [3.05, 3.63) is 97.2 Å². The smallest absolute Gasteiger partial charge is 0.306 e. The van der Waals surface area contributed by atoms with Gasteiger partial charge in [0.2, 0.25) is 0 Å². The number of hydrogen-bond donors (Lipinski definition) is 0. The minimum atomic E-state index is -0.800.